The molecule has 0 aliphatic rings. The van der Waals surface area contributed by atoms with Crippen LogP contribution in [0, 0.1) is 5.92 Å². The van der Waals surface area contributed by atoms with Crippen molar-refractivity contribution < 1.29 is 18.9 Å². The van der Waals surface area contributed by atoms with Gasteiger partial charge in [-0.15, -0.1) is 0 Å². The third-order valence-electron chi connectivity index (χ3n) is 6.05. The molecule has 3 rings (SSSR count). The van der Waals surface area contributed by atoms with Gasteiger partial charge in [0.15, 0.2) is 10.6 Å². The fraction of sp³-hybridized carbons (Fsp3) is 0.345. The summed E-state index contributed by atoms with van der Waals surface area (Å²) in [6, 6.07) is 28.6. The summed E-state index contributed by atoms with van der Waals surface area (Å²) in [7, 11) is -3.08. The Balaban J connectivity index is 2.13. The lowest BCUT2D eigenvalue weighted by atomic mass is 9.92. The number of carbonyl (C=O) groups excluding carboxylic acids is 1. The van der Waals surface area contributed by atoms with Gasteiger partial charge >= 0.3 is 13.7 Å². The highest BCUT2D eigenvalue weighted by Gasteiger charge is 2.54. The van der Waals surface area contributed by atoms with Crippen LogP contribution >= 0.6 is 7.72 Å². The first-order chi connectivity index (χ1) is 16.5. The Morgan fingerprint density at radius 1 is 0.794 bits per heavy atom. The molecule has 34 heavy (non-hydrogen) atoms. The quantitative estimate of drug-likeness (QED) is 0.309. The van der Waals surface area contributed by atoms with E-state index in [1.165, 1.54) is 0 Å². The molecule has 3 aromatic rings. The minimum absolute atomic E-state index is 0.109. The van der Waals surface area contributed by atoms with Crippen molar-refractivity contribution in [2.45, 2.75) is 58.7 Å². The highest BCUT2D eigenvalue weighted by Crippen LogP contribution is 2.61. The average Bonchev–Trinajstić information content (AvgIpc) is 2.89. The van der Waals surface area contributed by atoms with E-state index in [4.69, 9.17) is 9.05 Å². The van der Waals surface area contributed by atoms with Crippen LogP contribution in [0.1, 0.15) is 56.8 Å². The number of hydrogen-bond acceptors (Lipinski definition) is 4. The van der Waals surface area contributed by atoms with Crippen LogP contribution < -0.4 is 10.6 Å². The maximum atomic E-state index is 13.4. The summed E-state index contributed by atoms with van der Waals surface area (Å²) in [6.07, 6.45) is 2.49. The molecule has 3 aromatic carbocycles. The van der Waals surface area contributed by atoms with Gasteiger partial charge in [0.1, 0.15) is 6.10 Å². The van der Waals surface area contributed by atoms with Crippen molar-refractivity contribution >= 4 is 24.3 Å². The molecule has 0 saturated heterocycles. The number of rotatable bonds is 12. The van der Waals surface area contributed by atoms with Crippen molar-refractivity contribution in [1.82, 2.24) is 0 Å². The molecule has 0 heterocycles. The van der Waals surface area contributed by atoms with Crippen LogP contribution in [0.25, 0.3) is 0 Å². The van der Waals surface area contributed by atoms with Crippen LogP contribution in [0.5, 0.6) is 0 Å². The second-order valence-electron chi connectivity index (χ2n) is 8.62. The Morgan fingerprint density at radius 3 is 1.74 bits per heavy atom. The van der Waals surface area contributed by atoms with Crippen molar-refractivity contribution in [1.29, 1.82) is 0 Å². The normalized spacial score (nSPS) is 14.2. The van der Waals surface area contributed by atoms with E-state index >= 15 is 0 Å². The van der Waals surface area contributed by atoms with Gasteiger partial charge in [-0.25, -0.2) is 4.79 Å². The fourth-order valence-corrected chi connectivity index (χ4v) is 7.03. The Kier molecular flexibility index (Phi) is 9.83. The topological polar surface area (TPSA) is 55.8 Å². The second-order valence-corrected chi connectivity index (χ2v) is 11.1. The van der Waals surface area contributed by atoms with Gasteiger partial charge in [-0.3, -0.25) is 4.52 Å². The van der Waals surface area contributed by atoms with Gasteiger partial charge in [-0.05, 0) is 49.2 Å². The zero-order valence-corrected chi connectivity index (χ0v) is 21.2. The summed E-state index contributed by atoms with van der Waals surface area (Å²) in [5.41, 5.74) is 0.480. The molecule has 0 aliphatic heterocycles. The summed E-state index contributed by atoms with van der Waals surface area (Å²) >= 11 is 0. The van der Waals surface area contributed by atoms with E-state index in [0.717, 1.165) is 29.9 Å². The zero-order valence-electron chi connectivity index (χ0n) is 20.3. The molecule has 4 nitrogen and oxygen atoms in total. The lowest BCUT2D eigenvalue weighted by molar-refractivity contribution is 0.0234. The molecule has 0 aromatic heterocycles. The van der Waals surface area contributed by atoms with Crippen LogP contribution in [0.2, 0.25) is 0 Å². The lowest BCUT2D eigenvalue weighted by Crippen LogP contribution is -2.37. The first-order valence-electron chi connectivity index (χ1n) is 12.2. The third kappa shape index (κ3) is 6.33. The minimum Gasteiger partial charge on any atom is -0.393 e. The van der Waals surface area contributed by atoms with Crippen LogP contribution in [0.15, 0.2) is 91.0 Å². The maximum Gasteiger partial charge on any atom is 0.391 e. The minimum atomic E-state index is -3.08. The van der Waals surface area contributed by atoms with Gasteiger partial charge in [-0.2, -0.15) is 4.52 Å². The van der Waals surface area contributed by atoms with Crippen LogP contribution in [-0.4, -0.2) is 23.3 Å². The van der Waals surface area contributed by atoms with E-state index in [-0.39, 0.29) is 12.0 Å². The predicted molar refractivity (Wildman–Crippen MR) is 141 cm³/mol. The Bertz CT molecular complexity index is 955. The molecule has 0 aliphatic carbocycles. The number of aliphatic hydroxyl groups is 1. The third-order valence-corrected chi connectivity index (χ3v) is 8.99. The molecule has 0 fully saturated rings. The zero-order chi connectivity index (χ0) is 24.4. The summed E-state index contributed by atoms with van der Waals surface area (Å²) < 4.78 is 13.4. The van der Waals surface area contributed by atoms with Crippen molar-refractivity contribution in [3.05, 3.63) is 96.6 Å². The van der Waals surface area contributed by atoms with E-state index in [9.17, 15) is 9.90 Å². The molecule has 5 heteroatoms. The first kappa shape index (κ1) is 26.1. The Hall–Kier alpha value is -2.52. The standard InChI is InChI=1S/C29H36O4P/c1-4-15-27(30)23(3)28(16-5-2)32-34(25-19-11-7-12-20-25,26-21-13-8-14-22-26)33-29(31)24-17-9-6-10-18-24/h6-14,17-23,27-28,30H,4-5,15-16H2,1-3H3/q+1. The average molecular weight is 480 g/mol. The fourth-order valence-electron chi connectivity index (χ4n) is 4.08. The second kappa shape index (κ2) is 12.8. The van der Waals surface area contributed by atoms with E-state index in [1.54, 1.807) is 12.1 Å². The monoisotopic (exact) mass is 479 g/mol. The summed E-state index contributed by atoms with van der Waals surface area (Å²) in [4.78, 5) is 13.4. The Morgan fingerprint density at radius 2 is 1.26 bits per heavy atom. The van der Waals surface area contributed by atoms with Crippen molar-refractivity contribution in [3.8, 4) is 0 Å². The summed E-state index contributed by atoms with van der Waals surface area (Å²) in [5.74, 6) is -0.527. The van der Waals surface area contributed by atoms with E-state index in [2.05, 4.69) is 13.8 Å². The summed E-state index contributed by atoms with van der Waals surface area (Å²) in [6.45, 7) is 6.21. The number of aliphatic hydroxyl groups excluding tert-OH is 1. The molecule has 0 spiro atoms. The first-order valence-corrected chi connectivity index (χ1v) is 13.8. The van der Waals surface area contributed by atoms with Crippen LogP contribution in [-0.2, 0) is 9.05 Å². The van der Waals surface area contributed by atoms with Crippen LogP contribution in [0.4, 0.5) is 0 Å². The number of benzene rings is 3. The van der Waals surface area contributed by atoms with E-state index < -0.39 is 19.8 Å². The van der Waals surface area contributed by atoms with E-state index in [0.29, 0.717) is 12.0 Å². The van der Waals surface area contributed by atoms with Crippen LogP contribution in [0.3, 0.4) is 0 Å². The van der Waals surface area contributed by atoms with Crippen molar-refractivity contribution in [2.24, 2.45) is 5.92 Å². The SMILES string of the molecule is CCCC(O)C(C)C(CCC)O[P+](OC(=O)c1ccccc1)(c1ccccc1)c1ccccc1. The molecule has 0 saturated carbocycles. The van der Waals surface area contributed by atoms with Gasteiger partial charge in [-0.1, -0.05) is 88.2 Å². The smallest absolute Gasteiger partial charge is 0.391 e. The maximum absolute atomic E-state index is 13.4. The highest BCUT2D eigenvalue weighted by atomic mass is 31.2. The molecular weight excluding hydrogens is 443 g/mol. The predicted octanol–water partition coefficient (Wildman–Crippen LogP) is 6.32. The van der Waals surface area contributed by atoms with Crippen molar-refractivity contribution in [2.75, 3.05) is 0 Å². The van der Waals surface area contributed by atoms with Gasteiger partial charge in [0, 0.05) is 5.92 Å². The molecule has 1 N–H and O–H groups in total. The molecule has 3 atom stereocenters. The Labute approximate surface area is 204 Å². The lowest BCUT2D eigenvalue weighted by Gasteiger charge is -2.32. The van der Waals surface area contributed by atoms with Gasteiger partial charge in [0.05, 0.1) is 11.7 Å². The number of hydrogen-bond donors (Lipinski definition) is 1. The van der Waals surface area contributed by atoms with Gasteiger partial charge in [0.25, 0.3) is 0 Å². The molecule has 180 valence electrons. The largest absolute Gasteiger partial charge is 0.393 e. The summed E-state index contributed by atoms with van der Waals surface area (Å²) in [5, 5.41) is 12.5. The number of carbonyl (C=O) groups is 1. The molecule has 0 radical (unpaired) electrons. The molecular formula is C29H36O4P+. The molecule has 0 amide bonds. The molecule has 3 unspecified atom stereocenters. The van der Waals surface area contributed by atoms with E-state index in [1.807, 2.05) is 85.8 Å². The van der Waals surface area contributed by atoms with Gasteiger partial charge < -0.3 is 5.11 Å². The highest BCUT2D eigenvalue weighted by molar-refractivity contribution is 7.81. The van der Waals surface area contributed by atoms with Crippen molar-refractivity contribution in [3.63, 3.8) is 0 Å². The molecule has 0 bridgehead atoms. The van der Waals surface area contributed by atoms with Gasteiger partial charge in [0.2, 0.25) is 0 Å².